The van der Waals surface area contributed by atoms with Crippen LogP contribution in [0.1, 0.15) is 20.3 Å². The molecule has 0 bridgehead atoms. The fourth-order valence-electron chi connectivity index (χ4n) is 3.10. The van der Waals surface area contributed by atoms with Crippen LogP contribution in [-0.4, -0.2) is 34.8 Å². The highest BCUT2D eigenvalue weighted by Crippen LogP contribution is 2.28. The van der Waals surface area contributed by atoms with E-state index in [1.807, 2.05) is 38.1 Å². The molecule has 1 aliphatic rings. The van der Waals surface area contributed by atoms with E-state index in [0.717, 1.165) is 4.90 Å². The summed E-state index contributed by atoms with van der Waals surface area (Å²) in [4.78, 5) is 40.7. The number of imide groups is 1. The number of hydrogen-bond acceptors (Lipinski definition) is 3. The number of nitrogens with zero attached hydrogens (tertiary/aromatic N) is 2. The SMILES string of the molecule is CC(C)N1C(=O)N(c2ccccc2)C(=O)[C@H]1CC(=O)Nc1ccccc1. The van der Waals surface area contributed by atoms with Crippen LogP contribution < -0.4 is 10.2 Å². The second-order valence-electron chi connectivity index (χ2n) is 6.43. The second kappa shape index (κ2) is 7.39. The van der Waals surface area contributed by atoms with E-state index in [0.29, 0.717) is 11.4 Å². The topological polar surface area (TPSA) is 69.7 Å². The maximum absolute atomic E-state index is 12.9. The third-order valence-electron chi connectivity index (χ3n) is 4.26. The molecule has 0 aliphatic carbocycles. The summed E-state index contributed by atoms with van der Waals surface area (Å²) in [7, 11) is 0. The molecule has 0 radical (unpaired) electrons. The van der Waals surface area contributed by atoms with Crippen LogP contribution in [0, 0.1) is 0 Å². The number of anilines is 2. The van der Waals surface area contributed by atoms with Crippen molar-refractivity contribution in [2.75, 3.05) is 10.2 Å². The summed E-state index contributed by atoms with van der Waals surface area (Å²) in [6.45, 7) is 3.67. The lowest BCUT2D eigenvalue weighted by atomic mass is 10.1. The average molecular weight is 351 g/mol. The number of carbonyl (C=O) groups is 3. The molecule has 6 heteroatoms. The molecule has 0 saturated carbocycles. The van der Waals surface area contributed by atoms with Crippen molar-refractivity contribution in [2.24, 2.45) is 0 Å². The van der Waals surface area contributed by atoms with Crippen LogP contribution in [0.15, 0.2) is 60.7 Å². The predicted octanol–water partition coefficient (Wildman–Crippen LogP) is 3.26. The van der Waals surface area contributed by atoms with Gasteiger partial charge < -0.3 is 10.2 Å². The first-order valence-electron chi connectivity index (χ1n) is 8.55. The Balaban J connectivity index is 1.81. The van der Waals surface area contributed by atoms with Gasteiger partial charge in [0.1, 0.15) is 6.04 Å². The molecule has 2 aromatic carbocycles. The Morgan fingerprint density at radius 3 is 2.15 bits per heavy atom. The number of para-hydroxylation sites is 2. The second-order valence-corrected chi connectivity index (χ2v) is 6.43. The number of nitrogens with one attached hydrogen (secondary N) is 1. The van der Waals surface area contributed by atoms with E-state index in [1.165, 1.54) is 4.90 Å². The quantitative estimate of drug-likeness (QED) is 0.841. The Kier molecular flexibility index (Phi) is 5.02. The minimum Gasteiger partial charge on any atom is -0.326 e. The number of hydrogen-bond donors (Lipinski definition) is 1. The van der Waals surface area contributed by atoms with Gasteiger partial charge in [0.15, 0.2) is 0 Å². The summed E-state index contributed by atoms with van der Waals surface area (Å²) in [6.07, 6.45) is -0.0824. The highest BCUT2D eigenvalue weighted by atomic mass is 16.2. The summed E-state index contributed by atoms with van der Waals surface area (Å²) in [5.74, 6) is -0.680. The molecule has 4 amide bonds. The Hall–Kier alpha value is -3.15. The van der Waals surface area contributed by atoms with Gasteiger partial charge >= 0.3 is 6.03 Å². The standard InChI is InChI=1S/C20H21N3O3/c1-14(2)22-17(13-18(24)21-15-9-5-3-6-10-15)19(25)23(20(22)26)16-11-7-4-8-12-16/h3-12,14,17H,13H2,1-2H3,(H,21,24)/t17-/m1/s1. The van der Waals surface area contributed by atoms with Crippen molar-refractivity contribution in [1.29, 1.82) is 0 Å². The van der Waals surface area contributed by atoms with Gasteiger partial charge in [-0.05, 0) is 38.1 Å². The first-order chi connectivity index (χ1) is 12.5. The lowest BCUT2D eigenvalue weighted by molar-refractivity contribution is -0.124. The van der Waals surface area contributed by atoms with Gasteiger partial charge in [-0.3, -0.25) is 9.59 Å². The highest BCUT2D eigenvalue weighted by Gasteiger charge is 2.47. The third-order valence-corrected chi connectivity index (χ3v) is 4.26. The van der Waals surface area contributed by atoms with Crippen molar-refractivity contribution in [2.45, 2.75) is 32.4 Å². The maximum atomic E-state index is 12.9. The van der Waals surface area contributed by atoms with Gasteiger partial charge in [0.05, 0.1) is 12.1 Å². The summed E-state index contributed by atoms with van der Waals surface area (Å²) in [5.41, 5.74) is 1.17. The van der Waals surface area contributed by atoms with Gasteiger partial charge in [-0.15, -0.1) is 0 Å². The number of benzene rings is 2. The van der Waals surface area contributed by atoms with E-state index in [2.05, 4.69) is 5.32 Å². The molecule has 0 spiro atoms. The van der Waals surface area contributed by atoms with Crippen LogP contribution in [0.5, 0.6) is 0 Å². The van der Waals surface area contributed by atoms with E-state index in [9.17, 15) is 14.4 Å². The molecule has 6 nitrogen and oxygen atoms in total. The van der Waals surface area contributed by atoms with Gasteiger partial charge in [-0.2, -0.15) is 0 Å². The normalized spacial score (nSPS) is 17.1. The molecule has 1 atom stereocenters. The molecule has 1 saturated heterocycles. The molecular weight excluding hydrogens is 330 g/mol. The minimum atomic E-state index is -0.814. The third kappa shape index (κ3) is 3.44. The van der Waals surface area contributed by atoms with Crippen molar-refractivity contribution in [3.05, 3.63) is 60.7 Å². The van der Waals surface area contributed by atoms with Crippen molar-refractivity contribution in [3.8, 4) is 0 Å². The van der Waals surface area contributed by atoms with E-state index in [-0.39, 0.29) is 24.3 Å². The first kappa shape index (κ1) is 17.7. The van der Waals surface area contributed by atoms with Crippen LogP contribution >= 0.6 is 0 Å². The molecular formula is C20H21N3O3. The van der Waals surface area contributed by atoms with Gasteiger partial charge in [0.2, 0.25) is 5.91 Å². The zero-order valence-corrected chi connectivity index (χ0v) is 14.8. The Bertz CT molecular complexity index is 806. The Morgan fingerprint density at radius 1 is 1.00 bits per heavy atom. The van der Waals surface area contributed by atoms with Crippen LogP contribution in [0.2, 0.25) is 0 Å². The molecule has 1 heterocycles. The lowest BCUT2D eigenvalue weighted by Crippen LogP contribution is -2.42. The Morgan fingerprint density at radius 2 is 1.58 bits per heavy atom. The number of rotatable bonds is 5. The van der Waals surface area contributed by atoms with Crippen molar-refractivity contribution >= 4 is 29.2 Å². The maximum Gasteiger partial charge on any atom is 0.332 e. The van der Waals surface area contributed by atoms with E-state index in [4.69, 9.17) is 0 Å². The average Bonchev–Trinajstić information content (AvgIpc) is 2.86. The van der Waals surface area contributed by atoms with E-state index < -0.39 is 12.1 Å². The molecule has 1 fully saturated rings. The first-order valence-corrected chi connectivity index (χ1v) is 8.55. The largest absolute Gasteiger partial charge is 0.332 e. The Labute approximate surface area is 152 Å². The number of urea groups is 1. The highest BCUT2D eigenvalue weighted by molar-refractivity contribution is 6.22. The molecule has 1 N–H and O–H groups in total. The van der Waals surface area contributed by atoms with Crippen molar-refractivity contribution in [3.63, 3.8) is 0 Å². The fourth-order valence-corrected chi connectivity index (χ4v) is 3.10. The molecule has 2 aromatic rings. The van der Waals surface area contributed by atoms with Gasteiger partial charge in [0, 0.05) is 11.7 Å². The van der Waals surface area contributed by atoms with Gasteiger partial charge in [-0.25, -0.2) is 9.69 Å². The summed E-state index contributed by atoms with van der Waals surface area (Å²) in [5, 5.41) is 2.77. The lowest BCUT2D eigenvalue weighted by Gasteiger charge is -2.25. The summed E-state index contributed by atoms with van der Waals surface area (Å²) < 4.78 is 0. The van der Waals surface area contributed by atoms with Gasteiger partial charge in [0.25, 0.3) is 5.91 Å². The molecule has 0 aromatic heterocycles. The van der Waals surface area contributed by atoms with E-state index >= 15 is 0 Å². The van der Waals surface area contributed by atoms with E-state index in [1.54, 1.807) is 36.4 Å². The molecule has 3 rings (SSSR count). The summed E-state index contributed by atoms with van der Waals surface area (Å²) >= 11 is 0. The molecule has 1 aliphatic heterocycles. The number of carbonyl (C=O) groups excluding carboxylic acids is 3. The molecule has 134 valence electrons. The number of amides is 4. The monoisotopic (exact) mass is 351 g/mol. The zero-order valence-electron chi connectivity index (χ0n) is 14.8. The zero-order chi connectivity index (χ0) is 18.7. The van der Waals surface area contributed by atoms with Crippen LogP contribution in [0.25, 0.3) is 0 Å². The van der Waals surface area contributed by atoms with Crippen LogP contribution in [0.4, 0.5) is 16.2 Å². The molecule has 0 unspecified atom stereocenters. The smallest absolute Gasteiger partial charge is 0.326 e. The molecule has 26 heavy (non-hydrogen) atoms. The fraction of sp³-hybridized carbons (Fsp3) is 0.250. The van der Waals surface area contributed by atoms with Crippen LogP contribution in [-0.2, 0) is 9.59 Å². The van der Waals surface area contributed by atoms with Crippen molar-refractivity contribution in [1.82, 2.24) is 4.90 Å². The van der Waals surface area contributed by atoms with Gasteiger partial charge in [-0.1, -0.05) is 36.4 Å². The summed E-state index contributed by atoms with van der Waals surface area (Å²) in [6, 6.07) is 16.4. The minimum absolute atomic E-state index is 0.0824. The van der Waals surface area contributed by atoms with Crippen LogP contribution in [0.3, 0.4) is 0 Å². The predicted molar refractivity (Wildman–Crippen MR) is 99.8 cm³/mol. The van der Waals surface area contributed by atoms with Crippen molar-refractivity contribution < 1.29 is 14.4 Å².